The van der Waals surface area contributed by atoms with Crippen molar-refractivity contribution in [3.63, 3.8) is 0 Å². The molecule has 0 radical (unpaired) electrons. The third-order valence-corrected chi connectivity index (χ3v) is 3.28. The Morgan fingerprint density at radius 3 is 2.22 bits per heavy atom. The maximum absolute atomic E-state index is 5.94. The highest BCUT2D eigenvalue weighted by atomic mass is 16.7. The number of benzene rings is 1. The molecular formula is C15H22O3. The van der Waals surface area contributed by atoms with Crippen LogP contribution in [0.25, 0.3) is 0 Å². The highest BCUT2D eigenvalue weighted by Crippen LogP contribution is 2.23. The van der Waals surface area contributed by atoms with Gasteiger partial charge in [0.25, 0.3) is 0 Å². The highest BCUT2D eigenvalue weighted by molar-refractivity contribution is 5.13. The fourth-order valence-corrected chi connectivity index (χ4v) is 2.28. The Labute approximate surface area is 109 Å². The first kappa shape index (κ1) is 13.5. The molecule has 18 heavy (non-hydrogen) atoms. The normalized spacial score (nSPS) is 32.4. The van der Waals surface area contributed by atoms with Gasteiger partial charge in [0.2, 0.25) is 0 Å². The minimum atomic E-state index is -0.0911. The van der Waals surface area contributed by atoms with E-state index < -0.39 is 0 Å². The Morgan fingerprint density at radius 1 is 1.06 bits per heavy atom. The van der Waals surface area contributed by atoms with E-state index in [2.05, 4.69) is 32.9 Å². The minimum Gasteiger partial charge on any atom is -0.368 e. The molecule has 0 bridgehead atoms. The molecule has 100 valence electrons. The average molecular weight is 250 g/mol. The summed E-state index contributed by atoms with van der Waals surface area (Å²) in [5, 5.41) is 0. The van der Waals surface area contributed by atoms with E-state index in [0.29, 0.717) is 6.61 Å². The van der Waals surface area contributed by atoms with E-state index in [4.69, 9.17) is 14.2 Å². The summed E-state index contributed by atoms with van der Waals surface area (Å²) in [7, 11) is 0. The fourth-order valence-electron chi connectivity index (χ4n) is 2.28. The molecule has 1 aliphatic heterocycles. The SMILES string of the molecule is CC[C@H]1O[C@@H](C)[C@@H](OCc2ccccc2)[C@@H](C)O1. The monoisotopic (exact) mass is 250 g/mol. The van der Waals surface area contributed by atoms with E-state index >= 15 is 0 Å². The van der Waals surface area contributed by atoms with Crippen molar-refractivity contribution in [2.45, 2.75) is 58.4 Å². The van der Waals surface area contributed by atoms with E-state index in [1.807, 2.05) is 18.2 Å². The molecule has 4 atom stereocenters. The summed E-state index contributed by atoms with van der Waals surface area (Å²) in [4.78, 5) is 0. The van der Waals surface area contributed by atoms with Crippen molar-refractivity contribution in [2.24, 2.45) is 0 Å². The molecule has 1 fully saturated rings. The van der Waals surface area contributed by atoms with Crippen LogP contribution in [0.3, 0.4) is 0 Å². The third kappa shape index (κ3) is 3.31. The van der Waals surface area contributed by atoms with Crippen LogP contribution >= 0.6 is 0 Å². The van der Waals surface area contributed by atoms with E-state index in [9.17, 15) is 0 Å². The van der Waals surface area contributed by atoms with Gasteiger partial charge in [-0.3, -0.25) is 0 Å². The van der Waals surface area contributed by atoms with Crippen LogP contribution < -0.4 is 0 Å². The zero-order valence-electron chi connectivity index (χ0n) is 11.3. The molecule has 0 aliphatic carbocycles. The van der Waals surface area contributed by atoms with Gasteiger partial charge in [-0.15, -0.1) is 0 Å². The minimum absolute atomic E-state index is 0.00648. The Balaban J connectivity index is 1.89. The Morgan fingerprint density at radius 2 is 1.67 bits per heavy atom. The van der Waals surface area contributed by atoms with Gasteiger partial charge in [0.05, 0.1) is 18.8 Å². The van der Waals surface area contributed by atoms with Crippen LogP contribution in [-0.4, -0.2) is 24.6 Å². The molecule has 0 unspecified atom stereocenters. The summed E-state index contributed by atoms with van der Waals surface area (Å²) in [5.74, 6) is 0. The number of hydrogen-bond donors (Lipinski definition) is 0. The van der Waals surface area contributed by atoms with Crippen LogP contribution in [0.15, 0.2) is 30.3 Å². The first-order valence-electron chi connectivity index (χ1n) is 6.67. The zero-order chi connectivity index (χ0) is 13.0. The van der Waals surface area contributed by atoms with Gasteiger partial charge >= 0.3 is 0 Å². The molecule has 0 saturated carbocycles. The lowest BCUT2D eigenvalue weighted by Crippen LogP contribution is -2.48. The van der Waals surface area contributed by atoms with E-state index in [0.717, 1.165) is 6.42 Å². The molecule has 0 aromatic heterocycles. The molecule has 2 rings (SSSR count). The summed E-state index contributed by atoms with van der Waals surface area (Å²) in [6, 6.07) is 10.2. The number of ether oxygens (including phenoxy) is 3. The second-order valence-electron chi connectivity index (χ2n) is 4.78. The smallest absolute Gasteiger partial charge is 0.158 e. The fraction of sp³-hybridized carbons (Fsp3) is 0.600. The van der Waals surface area contributed by atoms with Crippen molar-refractivity contribution in [1.29, 1.82) is 0 Å². The largest absolute Gasteiger partial charge is 0.368 e. The summed E-state index contributed by atoms with van der Waals surface area (Å²) in [6.07, 6.45) is 0.921. The lowest BCUT2D eigenvalue weighted by molar-refractivity contribution is -0.286. The maximum atomic E-state index is 5.94. The zero-order valence-corrected chi connectivity index (χ0v) is 11.3. The third-order valence-electron chi connectivity index (χ3n) is 3.28. The first-order valence-corrected chi connectivity index (χ1v) is 6.67. The van der Waals surface area contributed by atoms with E-state index in [1.54, 1.807) is 0 Å². The van der Waals surface area contributed by atoms with Gasteiger partial charge in [-0.1, -0.05) is 37.3 Å². The molecule has 0 N–H and O–H groups in total. The van der Waals surface area contributed by atoms with Crippen LogP contribution in [0.2, 0.25) is 0 Å². The lowest BCUT2D eigenvalue weighted by Gasteiger charge is -2.38. The average Bonchev–Trinajstić information content (AvgIpc) is 2.38. The topological polar surface area (TPSA) is 27.7 Å². The molecule has 0 spiro atoms. The van der Waals surface area contributed by atoms with Crippen molar-refractivity contribution in [3.8, 4) is 0 Å². The molecule has 1 saturated heterocycles. The standard InChI is InChI=1S/C15H22O3/c1-4-14-17-11(2)15(12(3)18-14)16-10-13-8-6-5-7-9-13/h5-9,11-12,14-15H,4,10H2,1-3H3/t11-,12+,14-,15+. The molecule has 1 heterocycles. The summed E-state index contributed by atoms with van der Waals surface area (Å²) < 4.78 is 17.5. The van der Waals surface area contributed by atoms with Gasteiger partial charge in [0.1, 0.15) is 6.10 Å². The predicted molar refractivity (Wildman–Crippen MR) is 70.2 cm³/mol. The predicted octanol–water partition coefficient (Wildman–Crippen LogP) is 3.13. The Hall–Kier alpha value is -0.900. The summed E-state index contributed by atoms with van der Waals surface area (Å²) in [5.41, 5.74) is 1.18. The highest BCUT2D eigenvalue weighted by Gasteiger charge is 2.34. The molecule has 1 aromatic carbocycles. The van der Waals surface area contributed by atoms with Crippen molar-refractivity contribution in [2.75, 3.05) is 0 Å². The molecular weight excluding hydrogens is 228 g/mol. The van der Waals surface area contributed by atoms with E-state index in [-0.39, 0.29) is 24.6 Å². The van der Waals surface area contributed by atoms with Crippen LogP contribution in [0.1, 0.15) is 32.8 Å². The van der Waals surface area contributed by atoms with Gasteiger partial charge in [-0.05, 0) is 25.8 Å². The first-order chi connectivity index (χ1) is 8.70. The molecule has 0 amide bonds. The van der Waals surface area contributed by atoms with Crippen LogP contribution in [0.5, 0.6) is 0 Å². The summed E-state index contributed by atoms with van der Waals surface area (Å²) >= 11 is 0. The Bertz CT molecular complexity index is 340. The van der Waals surface area contributed by atoms with Crippen molar-refractivity contribution < 1.29 is 14.2 Å². The number of hydrogen-bond acceptors (Lipinski definition) is 3. The second-order valence-corrected chi connectivity index (χ2v) is 4.78. The quantitative estimate of drug-likeness (QED) is 0.821. The van der Waals surface area contributed by atoms with Crippen LogP contribution in [0.4, 0.5) is 0 Å². The van der Waals surface area contributed by atoms with Crippen LogP contribution in [-0.2, 0) is 20.8 Å². The molecule has 1 aromatic rings. The van der Waals surface area contributed by atoms with Gasteiger partial charge in [-0.2, -0.15) is 0 Å². The molecule has 1 aliphatic rings. The van der Waals surface area contributed by atoms with Gasteiger partial charge in [-0.25, -0.2) is 0 Å². The number of rotatable bonds is 4. The second kappa shape index (κ2) is 6.32. The molecule has 3 nitrogen and oxygen atoms in total. The summed E-state index contributed by atoms with van der Waals surface area (Å²) in [6.45, 7) is 6.77. The Kier molecular flexibility index (Phi) is 4.75. The van der Waals surface area contributed by atoms with Gasteiger partial charge in [0.15, 0.2) is 6.29 Å². The van der Waals surface area contributed by atoms with Crippen molar-refractivity contribution in [1.82, 2.24) is 0 Å². The maximum Gasteiger partial charge on any atom is 0.158 e. The van der Waals surface area contributed by atoms with E-state index in [1.165, 1.54) is 5.56 Å². The van der Waals surface area contributed by atoms with Crippen molar-refractivity contribution >= 4 is 0 Å². The lowest BCUT2D eigenvalue weighted by atomic mass is 10.1. The van der Waals surface area contributed by atoms with Crippen molar-refractivity contribution in [3.05, 3.63) is 35.9 Å². The van der Waals surface area contributed by atoms with Gasteiger partial charge < -0.3 is 14.2 Å². The van der Waals surface area contributed by atoms with Gasteiger partial charge in [0, 0.05) is 0 Å². The molecule has 3 heteroatoms. The van der Waals surface area contributed by atoms with Crippen LogP contribution in [0, 0.1) is 0 Å².